The number of halogens is 1. The normalized spacial score (nSPS) is 10.7. The Kier molecular flexibility index (Phi) is 3.99. The van der Waals surface area contributed by atoms with Crippen molar-refractivity contribution in [3.8, 4) is 5.75 Å². The van der Waals surface area contributed by atoms with E-state index in [4.69, 9.17) is 10.5 Å². The van der Waals surface area contributed by atoms with Crippen molar-refractivity contribution in [1.29, 1.82) is 0 Å². The average Bonchev–Trinajstić information content (AvgIpc) is 2.15. The number of nitrogens with two attached hydrogens (primary N) is 1. The summed E-state index contributed by atoms with van der Waals surface area (Å²) < 4.78 is 6.22. The highest BCUT2D eigenvalue weighted by Crippen LogP contribution is 2.23. The largest absolute Gasteiger partial charge is 0.496 e. The van der Waals surface area contributed by atoms with Gasteiger partial charge in [-0.05, 0) is 18.2 Å². The van der Waals surface area contributed by atoms with Crippen LogP contribution in [0.2, 0.25) is 0 Å². The summed E-state index contributed by atoms with van der Waals surface area (Å²) in [5.74, 6) is 0.855. The molecule has 0 aliphatic rings. The maximum Gasteiger partial charge on any atom is 0.126 e. The first kappa shape index (κ1) is 10.3. The van der Waals surface area contributed by atoms with Gasteiger partial charge in [-0.1, -0.05) is 28.1 Å². The molecule has 1 aromatic carbocycles. The molecule has 1 aromatic rings. The van der Waals surface area contributed by atoms with Crippen LogP contribution in [-0.2, 0) is 0 Å². The molecular weight excluding hydrogens is 230 g/mol. The lowest BCUT2D eigenvalue weighted by Crippen LogP contribution is -1.92. The number of ether oxygens (including phenoxy) is 1. The molecule has 13 heavy (non-hydrogen) atoms. The van der Waals surface area contributed by atoms with Crippen molar-refractivity contribution in [3.05, 3.63) is 34.3 Å². The Morgan fingerprint density at radius 3 is 2.92 bits per heavy atom. The monoisotopic (exact) mass is 241 g/mol. The van der Waals surface area contributed by atoms with Gasteiger partial charge in [0.1, 0.15) is 5.75 Å². The minimum atomic E-state index is 0.537. The third-order valence-electron chi connectivity index (χ3n) is 1.63. The first-order chi connectivity index (χ1) is 6.27. The van der Waals surface area contributed by atoms with E-state index in [0.29, 0.717) is 6.54 Å². The SMILES string of the molecule is COc1ccc(Br)cc1C=CCN. The number of hydrogen-bond donors (Lipinski definition) is 1. The highest BCUT2D eigenvalue weighted by Gasteiger charge is 1.98. The fourth-order valence-corrected chi connectivity index (χ4v) is 1.41. The molecule has 0 aliphatic carbocycles. The van der Waals surface area contributed by atoms with E-state index in [0.717, 1.165) is 15.8 Å². The van der Waals surface area contributed by atoms with Gasteiger partial charge in [-0.3, -0.25) is 0 Å². The van der Waals surface area contributed by atoms with E-state index < -0.39 is 0 Å². The molecule has 3 heteroatoms. The summed E-state index contributed by atoms with van der Waals surface area (Å²) in [6.07, 6.45) is 3.84. The van der Waals surface area contributed by atoms with Crippen molar-refractivity contribution >= 4 is 22.0 Å². The second kappa shape index (κ2) is 5.04. The molecule has 0 radical (unpaired) electrons. The fourth-order valence-electron chi connectivity index (χ4n) is 1.03. The van der Waals surface area contributed by atoms with Crippen molar-refractivity contribution in [1.82, 2.24) is 0 Å². The van der Waals surface area contributed by atoms with Crippen LogP contribution >= 0.6 is 15.9 Å². The Bertz CT molecular complexity index is 310. The van der Waals surface area contributed by atoms with Crippen LogP contribution in [0, 0.1) is 0 Å². The molecule has 2 nitrogen and oxygen atoms in total. The molecule has 0 atom stereocenters. The van der Waals surface area contributed by atoms with Crippen LogP contribution in [0.5, 0.6) is 5.75 Å². The van der Waals surface area contributed by atoms with Crippen LogP contribution in [0.25, 0.3) is 6.08 Å². The Morgan fingerprint density at radius 2 is 2.31 bits per heavy atom. The van der Waals surface area contributed by atoms with E-state index in [-0.39, 0.29) is 0 Å². The van der Waals surface area contributed by atoms with Gasteiger partial charge in [-0.25, -0.2) is 0 Å². The van der Waals surface area contributed by atoms with Gasteiger partial charge in [-0.2, -0.15) is 0 Å². The highest BCUT2D eigenvalue weighted by atomic mass is 79.9. The summed E-state index contributed by atoms with van der Waals surface area (Å²) in [4.78, 5) is 0. The number of benzene rings is 1. The third kappa shape index (κ3) is 2.86. The van der Waals surface area contributed by atoms with Crippen molar-refractivity contribution in [2.24, 2.45) is 5.73 Å². The molecule has 70 valence electrons. The van der Waals surface area contributed by atoms with Gasteiger partial charge in [0.25, 0.3) is 0 Å². The van der Waals surface area contributed by atoms with Gasteiger partial charge in [0, 0.05) is 16.6 Å². The molecule has 0 bridgehead atoms. The zero-order chi connectivity index (χ0) is 9.68. The lowest BCUT2D eigenvalue weighted by Gasteiger charge is -2.04. The van der Waals surface area contributed by atoms with E-state index in [9.17, 15) is 0 Å². The maximum absolute atomic E-state index is 5.37. The lowest BCUT2D eigenvalue weighted by atomic mass is 10.2. The number of rotatable bonds is 3. The van der Waals surface area contributed by atoms with E-state index in [1.807, 2.05) is 30.4 Å². The van der Waals surface area contributed by atoms with Crippen molar-refractivity contribution in [2.75, 3.05) is 13.7 Å². The smallest absolute Gasteiger partial charge is 0.126 e. The van der Waals surface area contributed by atoms with E-state index in [1.165, 1.54) is 0 Å². The zero-order valence-electron chi connectivity index (χ0n) is 7.46. The number of methoxy groups -OCH3 is 1. The molecular formula is C10H12BrNO. The predicted molar refractivity (Wildman–Crippen MR) is 58.8 cm³/mol. The van der Waals surface area contributed by atoms with Crippen LogP contribution in [-0.4, -0.2) is 13.7 Å². The van der Waals surface area contributed by atoms with Crippen LogP contribution in [0.4, 0.5) is 0 Å². The molecule has 0 heterocycles. The van der Waals surface area contributed by atoms with Crippen molar-refractivity contribution < 1.29 is 4.74 Å². The Morgan fingerprint density at radius 1 is 1.54 bits per heavy atom. The summed E-state index contributed by atoms with van der Waals surface area (Å²) in [5, 5.41) is 0. The standard InChI is InChI=1S/C10H12BrNO/c1-13-10-5-4-9(11)7-8(10)3-2-6-12/h2-5,7H,6,12H2,1H3. The highest BCUT2D eigenvalue weighted by molar-refractivity contribution is 9.10. The molecule has 0 saturated carbocycles. The maximum atomic E-state index is 5.37. The van der Waals surface area contributed by atoms with Gasteiger partial charge in [0.2, 0.25) is 0 Å². The van der Waals surface area contributed by atoms with E-state index in [1.54, 1.807) is 7.11 Å². The molecule has 0 saturated heterocycles. The summed E-state index contributed by atoms with van der Waals surface area (Å²) >= 11 is 3.40. The second-order valence-corrected chi connectivity index (χ2v) is 3.44. The average molecular weight is 242 g/mol. The summed E-state index contributed by atoms with van der Waals surface area (Å²) in [7, 11) is 1.66. The molecule has 0 fully saturated rings. The quantitative estimate of drug-likeness (QED) is 0.883. The van der Waals surface area contributed by atoms with Crippen LogP contribution in [0.3, 0.4) is 0 Å². The summed E-state index contributed by atoms with van der Waals surface area (Å²) in [6, 6.07) is 5.85. The third-order valence-corrected chi connectivity index (χ3v) is 2.12. The molecule has 2 N–H and O–H groups in total. The Balaban J connectivity index is 3.01. The minimum Gasteiger partial charge on any atom is -0.496 e. The van der Waals surface area contributed by atoms with Gasteiger partial charge >= 0.3 is 0 Å². The molecule has 0 aliphatic heterocycles. The van der Waals surface area contributed by atoms with Crippen molar-refractivity contribution in [2.45, 2.75) is 0 Å². The van der Waals surface area contributed by atoms with Crippen molar-refractivity contribution in [3.63, 3.8) is 0 Å². The first-order valence-corrected chi connectivity index (χ1v) is 4.77. The van der Waals surface area contributed by atoms with Gasteiger partial charge in [0.15, 0.2) is 0 Å². The van der Waals surface area contributed by atoms with Gasteiger partial charge in [-0.15, -0.1) is 0 Å². The van der Waals surface area contributed by atoms with Crippen LogP contribution in [0.15, 0.2) is 28.7 Å². The van der Waals surface area contributed by atoms with Gasteiger partial charge in [0.05, 0.1) is 7.11 Å². The fraction of sp³-hybridized carbons (Fsp3) is 0.200. The second-order valence-electron chi connectivity index (χ2n) is 2.52. The summed E-state index contributed by atoms with van der Waals surface area (Å²) in [6.45, 7) is 0.537. The molecule has 1 rings (SSSR count). The Hall–Kier alpha value is -0.800. The predicted octanol–water partition coefficient (Wildman–Crippen LogP) is 2.43. The molecule has 0 aromatic heterocycles. The zero-order valence-corrected chi connectivity index (χ0v) is 9.04. The lowest BCUT2D eigenvalue weighted by molar-refractivity contribution is 0.414. The van der Waals surface area contributed by atoms with E-state index in [2.05, 4.69) is 15.9 Å². The van der Waals surface area contributed by atoms with E-state index >= 15 is 0 Å². The van der Waals surface area contributed by atoms with Crippen LogP contribution < -0.4 is 10.5 Å². The topological polar surface area (TPSA) is 35.2 Å². The molecule has 0 amide bonds. The minimum absolute atomic E-state index is 0.537. The number of hydrogen-bond acceptors (Lipinski definition) is 2. The first-order valence-electron chi connectivity index (χ1n) is 3.98. The Labute approximate surface area is 86.5 Å². The molecule has 0 spiro atoms. The van der Waals surface area contributed by atoms with Gasteiger partial charge < -0.3 is 10.5 Å². The molecule has 0 unspecified atom stereocenters. The summed E-state index contributed by atoms with van der Waals surface area (Å²) in [5.41, 5.74) is 6.40. The van der Waals surface area contributed by atoms with Crippen LogP contribution in [0.1, 0.15) is 5.56 Å².